The molecule has 0 atom stereocenters. The minimum Gasteiger partial charge on any atom is -0.253 e. The summed E-state index contributed by atoms with van der Waals surface area (Å²) in [7, 11) is 0. The molecule has 0 aliphatic rings. The molecule has 0 spiro atoms. The van der Waals surface area contributed by atoms with Crippen LogP contribution in [0.1, 0.15) is 5.69 Å². The van der Waals surface area contributed by atoms with Gasteiger partial charge in [0.15, 0.2) is 5.82 Å². The second kappa shape index (κ2) is 10.2. The van der Waals surface area contributed by atoms with Crippen LogP contribution in [0.5, 0.6) is 0 Å². The third kappa shape index (κ3) is 4.57. The molecule has 0 N–H and O–H groups in total. The van der Waals surface area contributed by atoms with Crippen LogP contribution >= 0.6 is 0 Å². The van der Waals surface area contributed by atoms with E-state index >= 15 is 0 Å². The predicted octanol–water partition coefficient (Wildman–Crippen LogP) is 9.10. The summed E-state index contributed by atoms with van der Waals surface area (Å²) in [4.78, 5) is 24.7. The second-order valence-corrected chi connectivity index (χ2v) is 10.6. The van der Waals surface area contributed by atoms with E-state index in [4.69, 9.17) is 19.9 Å². The van der Waals surface area contributed by atoms with Gasteiger partial charge in [0.1, 0.15) is 5.69 Å². The zero-order chi connectivity index (χ0) is 28.8. The van der Waals surface area contributed by atoms with Gasteiger partial charge in [-0.2, -0.15) is 0 Å². The second-order valence-electron chi connectivity index (χ2n) is 10.6. The molecular weight excluding hydrogens is 526 g/mol. The summed E-state index contributed by atoms with van der Waals surface area (Å²) < 4.78 is 0. The maximum absolute atomic E-state index is 5.18. The zero-order valence-corrected chi connectivity index (χ0v) is 23.4. The topological polar surface area (TPSA) is 64.5 Å². The number of hydrogen-bond donors (Lipinski definition) is 0. The SMILES string of the molecule is Cc1cc(-c2cc(-c3ccccc3)nc(-c3ccccn3)n2)c2ccc3ccc(-c4ccc5ccccc5c4)nc3c2n1. The molecule has 8 aromatic rings. The van der Waals surface area contributed by atoms with Crippen LogP contribution < -0.4 is 0 Å². The molecule has 4 aromatic heterocycles. The van der Waals surface area contributed by atoms with Crippen molar-refractivity contribution in [3.8, 4) is 45.3 Å². The first-order valence-electron chi connectivity index (χ1n) is 14.3. The molecule has 5 nitrogen and oxygen atoms in total. The van der Waals surface area contributed by atoms with E-state index in [9.17, 15) is 0 Å². The van der Waals surface area contributed by atoms with E-state index in [1.54, 1.807) is 6.20 Å². The first kappa shape index (κ1) is 24.9. The van der Waals surface area contributed by atoms with Gasteiger partial charge in [0.05, 0.1) is 28.1 Å². The largest absolute Gasteiger partial charge is 0.253 e. The van der Waals surface area contributed by atoms with Crippen molar-refractivity contribution in [3.05, 3.63) is 139 Å². The van der Waals surface area contributed by atoms with Crippen molar-refractivity contribution < 1.29 is 0 Å². The molecule has 4 heterocycles. The van der Waals surface area contributed by atoms with Crippen LogP contribution in [0.2, 0.25) is 0 Å². The van der Waals surface area contributed by atoms with Crippen LogP contribution in [0, 0.1) is 6.92 Å². The Hall–Kier alpha value is -5.81. The number of pyridine rings is 3. The normalized spacial score (nSPS) is 11.4. The Morgan fingerprint density at radius 3 is 2.07 bits per heavy atom. The first-order chi connectivity index (χ1) is 21.2. The number of rotatable bonds is 4. The third-order valence-electron chi connectivity index (χ3n) is 7.78. The summed E-state index contributed by atoms with van der Waals surface area (Å²) in [5.41, 5.74) is 9.00. The molecule has 0 saturated heterocycles. The Bertz CT molecular complexity index is 2240. The summed E-state index contributed by atoms with van der Waals surface area (Å²) in [6, 6.07) is 43.5. The van der Waals surface area contributed by atoms with E-state index in [1.807, 2.05) is 43.3 Å². The number of aromatic nitrogens is 5. The summed E-state index contributed by atoms with van der Waals surface area (Å²) in [5.74, 6) is 0.581. The molecule has 0 aliphatic carbocycles. The number of nitrogens with zero attached hydrogens (tertiary/aromatic N) is 5. The average molecular weight is 552 g/mol. The van der Waals surface area contributed by atoms with Crippen LogP contribution in [0.4, 0.5) is 0 Å². The summed E-state index contributed by atoms with van der Waals surface area (Å²) >= 11 is 0. The number of hydrogen-bond acceptors (Lipinski definition) is 5. The van der Waals surface area contributed by atoms with Gasteiger partial charge >= 0.3 is 0 Å². The summed E-state index contributed by atoms with van der Waals surface area (Å²) in [5, 5.41) is 4.44. The van der Waals surface area contributed by atoms with Crippen LogP contribution in [0.3, 0.4) is 0 Å². The Morgan fingerprint density at radius 1 is 0.442 bits per heavy atom. The summed E-state index contributed by atoms with van der Waals surface area (Å²) in [6.07, 6.45) is 1.77. The Balaban J connectivity index is 1.35. The van der Waals surface area contributed by atoms with E-state index in [0.717, 1.165) is 67.0 Å². The number of benzene rings is 4. The number of fused-ring (bicyclic) bond motifs is 4. The molecule has 0 aliphatic heterocycles. The van der Waals surface area contributed by atoms with Crippen molar-refractivity contribution in [2.45, 2.75) is 6.92 Å². The van der Waals surface area contributed by atoms with Crippen molar-refractivity contribution in [3.63, 3.8) is 0 Å². The first-order valence-corrected chi connectivity index (χ1v) is 14.3. The molecule has 0 amide bonds. The molecule has 0 unspecified atom stereocenters. The fraction of sp³-hybridized carbons (Fsp3) is 0.0263. The van der Waals surface area contributed by atoms with Gasteiger partial charge in [-0.25, -0.2) is 15.0 Å². The van der Waals surface area contributed by atoms with Gasteiger partial charge in [-0.15, -0.1) is 0 Å². The lowest BCUT2D eigenvalue weighted by Gasteiger charge is -2.13. The van der Waals surface area contributed by atoms with Crippen molar-refractivity contribution in [1.29, 1.82) is 0 Å². The van der Waals surface area contributed by atoms with E-state index in [1.165, 1.54) is 10.8 Å². The highest BCUT2D eigenvalue weighted by atomic mass is 14.9. The van der Waals surface area contributed by atoms with E-state index in [-0.39, 0.29) is 0 Å². The molecule has 5 heteroatoms. The predicted molar refractivity (Wildman–Crippen MR) is 174 cm³/mol. The van der Waals surface area contributed by atoms with Gasteiger partial charge in [-0.1, -0.05) is 91.0 Å². The van der Waals surface area contributed by atoms with Gasteiger partial charge in [0.25, 0.3) is 0 Å². The van der Waals surface area contributed by atoms with Crippen molar-refractivity contribution in [1.82, 2.24) is 24.9 Å². The molecule has 0 bridgehead atoms. The van der Waals surface area contributed by atoms with Crippen molar-refractivity contribution >= 4 is 32.6 Å². The minimum atomic E-state index is 0.581. The van der Waals surface area contributed by atoms with Crippen LogP contribution in [-0.4, -0.2) is 24.9 Å². The van der Waals surface area contributed by atoms with Crippen molar-refractivity contribution in [2.75, 3.05) is 0 Å². The maximum Gasteiger partial charge on any atom is 0.179 e. The Kier molecular flexibility index (Phi) is 5.93. The molecule has 8 rings (SSSR count). The molecule has 0 radical (unpaired) electrons. The van der Waals surface area contributed by atoms with Gasteiger partial charge in [0.2, 0.25) is 0 Å². The van der Waals surface area contributed by atoms with Gasteiger partial charge in [-0.3, -0.25) is 9.97 Å². The van der Waals surface area contributed by atoms with Crippen LogP contribution in [-0.2, 0) is 0 Å². The highest BCUT2D eigenvalue weighted by Crippen LogP contribution is 2.35. The monoisotopic (exact) mass is 551 g/mol. The molecule has 202 valence electrons. The Labute approximate surface area is 248 Å². The van der Waals surface area contributed by atoms with E-state index in [0.29, 0.717) is 5.82 Å². The lowest BCUT2D eigenvalue weighted by molar-refractivity contribution is 1.14. The quantitative estimate of drug-likeness (QED) is 0.204. The Morgan fingerprint density at radius 2 is 1.21 bits per heavy atom. The lowest BCUT2D eigenvalue weighted by atomic mass is 10.00. The van der Waals surface area contributed by atoms with Crippen LogP contribution in [0.15, 0.2) is 134 Å². The van der Waals surface area contributed by atoms with Crippen molar-refractivity contribution in [2.24, 2.45) is 0 Å². The highest BCUT2D eigenvalue weighted by molar-refractivity contribution is 6.08. The molecule has 4 aromatic carbocycles. The lowest BCUT2D eigenvalue weighted by Crippen LogP contribution is -1.99. The fourth-order valence-electron chi connectivity index (χ4n) is 5.67. The molecule has 0 saturated carbocycles. The molecular formula is C38H25N5. The smallest absolute Gasteiger partial charge is 0.179 e. The van der Waals surface area contributed by atoms with Gasteiger partial charge < -0.3 is 0 Å². The number of aryl methyl sites for hydroxylation is 1. The van der Waals surface area contributed by atoms with Crippen LogP contribution in [0.25, 0.3) is 77.9 Å². The van der Waals surface area contributed by atoms with E-state index < -0.39 is 0 Å². The zero-order valence-electron chi connectivity index (χ0n) is 23.4. The highest BCUT2D eigenvalue weighted by Gasteiger charge is 2.16. The van der Waals surface area contributed by atoms with Gasteiger partial charge in [0, 0.05) is 39.4 Å². The maximum atomic E-state index is 5.18. The summed E-state index contributed by atoms with van der Waals surface area (Å²) in [6.45, 7) is 2.02. The minimum absolute atomic E-state index is 0.581. The molecule has 43 heavy (non-hydrogen) atoms. The molecule has 0 fully saturated rings. The van der Waals surface area contributed by atoms with E-state index in [2.05, 4.69) is 96.0 Å². The van der Waals surface area contributed by atoms with Gasteiger partial charge in [-0.05, 0) is 54.1 Å². The fourth-order valence-corrected chi connectivity index (χ4v) is 5.67. The average Bonchev–Trinajstić information content (AvgIpc) is 3.08. The third-order valence-corrected chi connectivity index (χ3v) is 7.78. The standard InChI is InChI=1S/C38H25N5/c1-24-21-31(35-23-34(26-10-3-2-4-11-26)42-38(43-35)33-13-7-8-20-39-33)30-18-16-27-17-19-32(41-36(27)37(30)40-24)29-15-14-25-9-5-6-12-28(25)22-29/h2-23H,1H3.